The van der Waals surface area contributed by atoms with Gasteiger partial charge in [0.15, 0.2) is 6.10 Å². The highest BCUT2D eigenvalue weighted by Crippen LogP contribution is 2.43. The quantitative estimate of drug-likeness (QED) is 0.0197. The van der Waals surface area contributed by atoms with Gasteiger partial charge in [-0.3, -0.25) is 23.4 Å². The topological polar surface area (TPSA) is 155 Å². The molecule has 0 rings (SSSR count). The van der Waals surface area contributed by atoms with Crippen molar-refractivity contribution in [1.29, 1.82) is 0 Å². The fourth-order valence-corrected chi connectivity index (χ4v) is 8.48. The molecule has 0 aromatic rings. The molecular weight excluding hydrogens is 928 g/mol. The maximum atomic E-state index is 12.9. The number of hydrogen-bond donors (Lipinski definition) is 2. The average molecular weight is 1030 g/mol. The minimum atomic E-state index is -4.76. The van der Waals surface area contributed by atoms with Gasteiger partial charge in [-0.05, 0) is 103 Å². The fraction of sp³-hybridized carbons (Fsp3) is 0.750. The van der Waals surface area contributed by atoms with Crippen molar-refractivity contribution in [2.45, 2.75) is 264 Å². The van der Waals surface area contributed by atoms with Crippen LogP contribution in [-0.2, 0) is 42.2 Å². The summed E-state index contributed by atoms with van der Waals surface area (Å²) in [6.45, 7) is 4.42. The number of unbranched alkanes of at least 4 members (excludes halogenated alkanes) is 24. The zero-order valence-corrected chi connectivity index (χ0v) is 46.8. The Bertz CT molecular complexity index is 1490. The van der Waals surface area contributed by atoms with E-state index in [9.17, 15) is 28.9 Å². The molecule has 72 heavy (non-hydrogen) atoms. The summed E-state index contributed by atoms with van der Waals surface area (Å²) in [6, 6.07) is 0. The van der Waals surface area contributed by atoms with Gasteiger partial charge in [0.25, 0.3) is 0 Å². The summed E-state index contributed by atoms with van der Waals surface area (Å²) < 4.78 is 39.5. The van der Waals surface area contributed by atoms with Crippen LogP contribution in [0.1, 0.15) is 252 Å². The van der Waals surface area contributed by atoms with Crippen LogP contribution in [0.5, 0.6) is 0 Å². The highest BCUT2D eigenvalue weighted by atomic mass is 31.2. The van der Waals surface area contributed by atoms with Gasteiger partial charge < -0.3 is 24.2 Å². The van der Waals surface area contributed by atoms with E-state index in [4.69, 9.17) is 23.3 Å². The molecule has 0 aliphatic heterocycles. The van der Waals surface area contributed by atoms with E-state index in [-0.39, 0.29) is 25.9 Å². The van der Waals surface area contributed by atoms with Crippen LogP contribution in [0.2, 0.25) is 0 Å². The number of ether oxygens (including phenoxy) is 3. The lowest BCUT2D eigenvalue weighted by molar-refractivity contribution is -0.161. The largest absolute Gasteiger partial charge is 0.472 e. The Kier molecular flexibility index (Phi) is 51.9. The normalized spacial score (nSPS) is 13.9. The molecule has 0 saturated carbocycles. The molecule has 0 aromatic heterocycles. The third kappa shape index (κ3) is 51.8. The molecule has 0 amide bonds. The van der Waals surface area contributed by atoms with E-state index in [1.165, 1.54) is 83.5 Å². The monoisotopic (exact) mass is 1030 g/mol. The van der Waals surface area contributed by atoms with Crippen molar-refractivity contribution in [1.82, 2.24) is 0 Å². The third-order valence-corrected chi connectivity index (χ3v) is 13.0. The van der Waals surface area contributed by atoms with Crippen LogP contribution < -0.4 is 0 Å². The molecule has 0 saturated heterocycles. The van der Waals surface area contributed by atoms with Gasteiger partial charge in [0.1, 0.15) is 12.7 Å². The van der Waals surface area contributed by atoms with E-state index >= 15 is 0 Å². The highest BCUT2D eigenvalue weighted by Gasteiger charge is 2.28. The van der Waals surface area contributed by atoms with Gasteiger partial charge in [0, 0.05) is 19.3 Å². The number of aliphatic hydroxyl groups excluding tert-OH is 1. The molecule has 0 radical (unpaired) electrons. The molecule has 12 heteroatoms. The van der Waals surface area contributed by atoms with Crippen molar-refractivity contribution in [3.05, 3.63) is 72.9 Å². The van der Waals surface area contributed by atoms with E-state index in [1.54, 1.807) is 0 Å². The van der Waals surface area contributed by atoms with Crippen molar-refractivity contribution in [2.24, 2.45) is 0 Å². The zero-order valence-electron chi connectivity index (χ0n) is 45.9. The molecule has 0 spiro atoms. The summed E-state index contributed by atoms with van der Waals surface area (Å²) in [4.78, 5) is 48.5. The number of rotatable bonds is 53. The van der Waals surface area contributed by atoms with Crippen molar-refractivity contribution in [3.8, 4) is 0 Å². The number of aliphatic hydroxyl groups is 1. The van der Waals surface area contributed by atoms with E-state index < -0.39 is 57.8 Å². The Morgan fingerprint density at radius 3 is 1.19 bits per heavy atom. The van der Waals surface area contributed by atoms with E-state index in [0.717, 1.165) is 109 Å². The van der Waals surface area contributed by atoms with Crippen LogP contribution in [-0.4, -0.2) is 66.5 Å². The Hall–Kier alpha value is -3.08. The molecule has 3 atom stereocenters. The molecule has 0 aliphatic carbocycles. The molecular formula is C60H105O11P. The summed E-state index contributed by atoms with van der Waals surface area (Å²) in [5.74, 6) is -1.51. The number of carbonyl (C=O) groups excluding carboxylic acids is 3. The zero-order chi connectivity index (χ0) is 52.7. The van der Waals surface area contributed by atoms with Gasteiger partial charge in [-0.25, -0.2) is 4.57 Å². The standard InChI is InChI=1S/C60H105O11P/c1-4-7-10-13-16-19-22-25-26-27-28-29-30-33-36-39-42-45-48-51-60(64)71-57(53-67-58(62)49-46-43-40-37-34-31-23-20-17-14-11-8-5-2)55-69-72(65,66)68-54-56(52-61)70-59(63)50-47-44-41-38-35-32-24-21-18-15-12-9-6-3/h8,11-12,15,17,20-21,24-26,31,34,56-57,61H,4-7,9-10,13-14,16,18-19,22-23,27-30,32-33,35-55H2,1-3H3,(H,65,66)/b11-8-,15-12-,20-17-,24-21-,26-25-,34-31-. The summed E-state index contributed by atoms with van der Waals surface area (Å²) >= 11 is 0. The van der Waals surface area contributed by atoms with Crippen LogP contribution in [0.3, 0.4) is 0 Å². The highest BCUT2D eigenvalue weighted by molar-refractivity contribution is 7.47. The lowest BCUT2D eigenvalue weighted by Gasteiger charge is -2.21. The Labute approximate surface area is 439 Å². The third-order valence-electron chi connectivity index (χ3n) is 12.1. The first-order valence-corrected chi connectivity index (χ1v) is 30.3. The summed E-state index contributed by atoms with van der Waals surface area (Å²) in [7, 11) is -4.76. The second-order valence-electron chi connectivity index (χ2n) is 19.1. The number of esters is 3. The molecule has 0 bridgehead atoms. The second-order valence-corrected chi connectivity index (χ2v) is 20.5. The predicted molar refractivity (Wildman–Crippen MR) is 298 cm³/mol. The minimum absolute atomic E-state index is 0.157. The van der Waals surface area contributed by atoms with Crippen LogP contribution in [0.15, 0.2) is 72.9 Å². The average Bonchev–Trinajstić information content (AvgIpc) is 3.37. The molecule has 416 valence electrons. The van der Waals surface area contributed by atoms with Gasteiger partial charge in [-0.2, -0.15) is 0 Å². The van der Waals surface area contributed by atoms with Crippen LogP contribution in [0.4, 0.5) is 0 Å². The first-order chi connectivity index (χ1) is 35.2. The number of carbonyl (C=O) groups is 3. The molecule has 0 aromatic carbocycles. The fourth-order valence-electron chi connectivity index (χ4n) is 7.70. The van der Waals surface area contributed by atoms with Crippen LogP contribution in [0, 0.1) is 0 Å². The maximum absolute atomic E-state index is 12.9. The van der Waals surface area contributed by atoms with Crippen molar-refractivity contribution in [2.75, 3.05) is 26.4 Å². The van der Waals surface area contributed by atoms with Crippen LogP contribution >= 0.6 is 7.82 Å². The van der Waals surface area contributed by atoms with Gasteiger partial charge in [0.2, 0.25) is 0 Å². The summed E-state index contributed by atoms with van der Waals surface area (Å²) in [5.41, 5.74) is 0. The minimum Gasteiger partial charge on any atom is -0.462 e. The van der Waals surface area contributed by atoms with Gasteiger partial charge in [-0.15, -0.1) is 0 Å². The van der Waals surface area contributed by atoms with Gasteiger partial charge in [0.05, 0.1) is 19.8 Å². The SMILES string of the molecule is CC/C=C\C/C=C\C/C=C\CCCCCC(=O)OCC(COP(=O)(O)OCC(CO)OC(=O)CCCCCCC/C=C\C/C=C\CCC)OC(=O)CCCCCCCCCCC/C=C\CCCCCCCC. The lowest BCUT2D eigenvalue weighted by Crippen LogP contribution is -2.30. The summed E-state index contributed by atoms with van der Waals surface area (Å²) in [5, 5.41) is 9.80. The first-order valence-electron chi connectivity index (χ1n) is 28.8. The number of allylic oxidation sites excluding steroid dienone is 12. The molecule has 0 aliphatic rings. The Morgan fingerprint density at radius 1 is 0.403 bits per heavy atom. The van der Waals surface area contributed by atoms with Gasteiger partial charge >= 0.3 is 25.7 Å². The van der Waals surface area contributed by atoms with Crippen LogP contribution in [0.25, 0.3) is 0 Å². The second kappa shape index (κ2) is 54.2. The Morgan fingerprint density at radius 2 is 0.750 bits per heavy atom. The molecule has 0 fully saturated rings. The van der Waals surface area contributed by atoms with Gasteiger partial charge in [-0.1, -0.05) is 203 Å². The van der Waals surface area contributed by atoms with Crippen molar-refractivity contribution < 1.29 is 52.2 Å². The van der Waals surface area contributed by atoms with E-state index in [1.807, 2.05) is 0 Å². The number of phosphoric acid groups is 1. The van der Waals surface area contributed by atoms with Crippen molar-refractivity contribution >= 4 is 25.7 Å². The molecule has 3 unspecified atom stereocenters. The molecule has 2 N–H and O–H groups in total. The number of phosphoric ester groups is 1. The lowest BCUT2D eigenvalue weighted by atomic mass is 10.1. The maximum Gasteiger partial charge on any atom is 0.472 e. The molecule has 11 nitrogen and oxygen atoms in total. The van der Waals surface area contributed by atoms with Crippen molar-refractivity contribution in [3.63, 3.8) is 0 Å². The smallest absolute Gasteiger partial charge is 0.462 e. The molecule has 0 heterocycles. The first kappa shape index (κ1) is 68.9. The van der Waals surface area contributed by atoms with E-state index in [0.29, 0.717) is 19.3 Å². The number of hydrogen-bond acceptors (Lipinski definition) is 10. The Balaban J connectivity index is 4.74. The van der Waals surface area contributed by atoms with E-state index in [2.05, 4.69) is 93.7 Å². The summed E-state index contributed by atoms with van der Waals surface area (Å²) in [6.07, 6.45) is 60.1. The predicted octanol–water partition coefficient (Wildman–Crippen LogP) is 16.9.